The molecule has 0 aliphatic rings. The van der Waals surface area contributed by atoms with Crippen molar-refractivity contribution in [3.05, 3.63) is 58.9 Å². The minimum Gasteiger partial charge on any atom is -0.359 e. The fourth-order valence-electron chi connectivity index (χ4n) is 2.75. The van der Waals surface area contributed by atoms with E-state index >= 15 is 0 Å². The molecule has 1 atom stereocenters. The summed E-state index contributed by atoms with van der Waals surface area (Å²) in [6.07, 6.45) is 3.72. The molecule has 10 heteroatoms. The SMILES string of the molecule is N[C@H](CNc1nnc(-c2cc3c(Cl)cncc3s2)s1)Cc1cc(F)cc(F)c1. The van der Waals surface area contributed by atoms with Crippen LogP contribution in [0.1, 0.15) is 5.56 Å². The third-order valence-corrected chi connectivity index (χ3v) is 6.39. The Morgan fingerprint density at radius 1 is 1.07 bits per heavy atom. The molecule has 0 aliphatic carbocycles. The van der Waals surface area contributed by atoms with Crippen LogP contribution in [0.4, 0.5) is 13.9 Å². The summed E-state index contributed by atoms with van der Waals surface area (Å²) >= 11 is 9.11. The Morgan fingerprint density at radius 2 is 1.86 bits per heavy atom. The van der Waals surface area contributed by atoms with Crippen LogP contribution in [0.5, 0.6) is 0 Å². The minimum absolute atomic E-state index is 0.331. The molecule has 4 aromatic rings. The molecule has 5 nitrogen and oxygen atoms in total. The monoisotopic (exact) mass is 437 g/mol. The maximum atomic E-state index is 13.3. The highest BCUT2D eigenvalue weighted by Gasteiger charge is 2.13. The second-order valence-electron chi connectivity index (χ2n) is 6.18. The van der Waals surface area contributed by atoms with Gasteiger partial charge in [0.15, 0.2) is 5.01 Å². The first-order valence-electron chi connectivity index (χ1n) is 8.29. The lowest BCUT2D eigenvalue weighted by Gasteiger charge is -2.12. The van der Waals surface area contributed by atoms with Gasteiger partial charge in [-0.2, -0.15) is 0 Å². The highest BCUT2D eigenvalue weighted by molar-refractivity contribution is 7.26. The number of thiophene rings is 1. The van der Waals surface area contributed by atoms with Gasteiger partial charge in [-0.05, 0) is 30.2 Å². The maximum Gasteiger partial charge on any atom is 0.206 e. The molecule has 3 heterocycles. The number of hydrogen-bond acceptors (Lipinski definition) is 7. The van der Waals surface area contributed by atoms with Gasteiger partial charge >= 0.3 is 0 Å². The van der Waals surface area contributed by atoms with E-state index in [4.69, 9.17) is 17.3 Å². The molecule has 0 saturated carbocycles. The molecule has 0 unspecified atom stereocenters. The second kappa shape index (κ2) is 8.04. The maximum absolute atomic E-state index is 13.3. The molecule has 3 N–H and O–H groups in total. The van der Waals surface area contributed by atoms with Crippen molar-refractivity contribution in [3.8, 4) is 9.88 Å². The van der Waals surface area contributed by atoms with E-state index in [-0.39, 0.29) is 6.04 Å². The zero-order valence-corrected chi connectivity index (χ0v) is 16.7. The largest absolute Gasteiger partial charge is 0.359 e. The summed E-state index contributed by atoms with van der Waals surface area (Å²) in [5, 5.41) is 14.4. The van der Waals surface area contributed by atoms with E-state index in [0.29, 0.717) is 28.7 Å². The summed E-state index contributed by atoms with van der Waals surface area (Å²) in [5.41, 5.74) is 6.58. The summed E-state index contributed by atoms with van der Waals surface area (Å²) in [4.78, 5) is 5.05. The standard InChI is InChI=1S/C18H14ClF2N5S2/c19-14-7-23-8-16-13(14)5-15(27-16)17-25-26-18(28-17)24-6-12(22)3-9-1-10(20)4-11(21)2-9/h1-2,4-5,7-8,12H,3,6,22H2,(H,24,26)/t12-/m0/s1. The zero-order chi connectivity index (χ0) is 19.7. The third kappa shape index (κ3) is 4.27. The van der Waals surface area contributed by atoms with Crippen LogP contribution < -0.4 is 11.1 Å². The Kier molecular flexibility index (Phi) is 5.49. The lowest BCUT2D eigenvalue weighted by Crippen LogP contribution is -2.31. The molecular formula is C18H14ClF2N5S2. The highest BCUT2D eigenvalue weighted by Crippen LogP contribution is 2.38. The predicted octanol–water partition coefficient (Wildman–Crippen LogP) is 4.73. The van der Waals surface area contributed by atoms with Crippen LogP contribution >= 0.6 is 34.3 Å². The van der Waals surface area contributed by atoms with Gasteiger partial charge in [-0.3, -0.25) is 4.98 Å². The van der Waals surface area contributed by atoms with Gasteiger partial charge in [-0.1, -0.05) is 22.9 Å². The van der Waals surface area contributed by atoms with Crippen molar-refractivity contribution in [2.75, 3.05) is 11.9 Å². The Balaban J connectivity index is 1.41. The van der Waals surface area contributed by atoms with Gasteiger partial charge in [0.1, 0.15) is 11.6 Å². The van der Waals surface area contributed by atoms with Gasteiger partial charge in [0.05, 0.1) is 14.6 Å². The van der Waals surface area contributed by atoms with Crippen molar-refractivity contribution in [2.24, 2.45) is 5.73 Å². The summed E-state index contributed by atoms with van der Waals surface area (Å²) < 4.78 is 27.5. The molecule has 0 amide bonds. The number of pyridine rings is 1. The van der Waals surface area contributed by atoms with Gasteiger partial charge in [-0.25, -0.2) is 8.78 Å². The van der Waals surface area contributed by atoms with Crippen LogP contribution in [-0.4, -0.2) is 27.8 Å². The Morgan fingerprint density at radius 3 is 2.61 bits per heavy atom. The van der Waals surface area contributed by atoms with Gasteiger partial charge in [-0.15, -0.1) is 21.5 Å². The first-order chi connectivity index (χ1) is 13.5. The quantitative estimate of drug-likeness (QED) is 0.456. The molecule has 28 heavy (non-hydrogen) atoms. The van der Waals surface area contributed by atoms with Crippen molar-refractivity contribution in [1.29, 1.82) is 0 Å². The number of anilines is 1. The van der Waals surface area contributed by atoms with Gasteiger partial charge in [0.2, 0.25) is 5.13 Å². The lowest BCUT2D eigenvalue weighted by atomic mass is 10.1. The number of fused-ring (bicyclic) bond motifs is 1. The molecule has 0 fully saturated rings. The molecule has 0 aliphatic heterocycles. The van der Waals surface area contributed by atoms with E-state index < -0.39 is 11.6 Å². The average molecular weight is 438 g/mol. The first-order valence-corrected chi connectivity index (χ1v) is 10.3. The summed E-state index contributed by atoms with van der Waals surface area (Å²) in [6.45, 7) is 0.398. The molecule has 0 spiro atoms. The molecule has 1 aromatic carbocycles. The van der Waals surface area contributed by atoms with Crippen LogP contribution in [0.3, 0.4) is 0 Å². The van der Waals surface area contributed by atoms with Crippen molar-refractivity contribution in [3.63, 3.8) is 0 Å². The zero-order valence-electron chi connectivity index (χ0n) is 14.3. The smallest absolute Gasteiger partial charge is 0.206 e. The van der Waals surface area contributed by atoms with Crippen molar-refractivity contribution in [2.45, 2.75) is 12.5 Å². The fourth-order valence-corrected chi connectivity index (χ4v) is 4.86. The number of aromatic nitrogens is 3. The number of halogens is 3. The average Bonchev–Trinajstić information content (AvgIpc) is 3.26. The van der Waals surface area contributed by atoms with E-state index in [0.717, 1.165) is 26.0 Å². The normalized spacial score (nSPS) is 12.4. The summed E-state index contributed by atoms with van der Waals surface area (Å²) in [6, 6.07) is 5.05. The summed E-state index contributed by atoms with van der Waals surface area (Å²) in [7, 11) is 0. The molecule has 4 rings (SSSR count). The van der Waals surface area contributed by atoms with E-state index in [2.05, 4.69) is 20.5 Å². The van der Waals surface area contributed by atoms with E-state index in [1.165, 1.54) is 23.5 Å². The van der Waals surface area contributed by atoms with Crippen molar-refractivity contribution in [1.82, 2.24) is 15.2 Å². The first kappa shape index (κ1) is 19.1. The van der Waals surface area contributed by atoms with Crippen LogP contribution in [0.25, 0.3) is 20.0 Å². The molecule has 0 radical (unpaired) electrons. The number of nitrogens with two attached hydrogens (primary N) is 1. The topological polar surface area (TPSA) is 76.7 Å². The fraction of sp³-hybridized carbons (Fsp3) is 0.167. The van der Waals surface area contributed by atoms with E-state index in [1.807, 2.05) is 6.07 Å². The molecular weight excluding hydrogens is 424 g/mol. The third-order valence-electron chi connectivity index (χ3n) is 3.97. The Labute approximate surface area is 172 Å². The van der Waals surface area contributed by atoms with Crippen LogP contribution in [0.15, 0.2) is 36.7 Å². The molecule has 0 saturated heterocycles. The lowest BCUT2D eigenvalue weighted by molar-refractivity contribution is 0.576. The van der Waals surface area contributed by atoms with Crippen molar-refractivity contribution < 1.29 is 8.78 Å². The summed E-state index contributed by atoms with van der Waals surface area (Å²) in [5.74, 6) is -1.22. The van der Waals surface area contributed by atoms with Gasteiger partial charge in [0, 0.05) is 36.4 Å². The number of nitrogens with one attached hydrogen (secondary N) is 1. The molecule has 144 valence electrons. The molecule has 0 bridgehead atoms. The predicted molar refractivity (Wildman–Crippen MR) is 110 cm³/mol. The number of nitrogens with zero attached hydrogens (tertiary/aromatic N) is 3. The number of hydrogen-bond donors (Lipinski definition) is 2. The Hall–Kier alpha value is -2.20. The van der Waals surface area contributed by atoms with Gasteiger partial charge in [0.25, 0.3) is 0 Å². The van der Waals surface area contributed by atoms with Crippen molar-refractivity contribution >= 4 is 49.5 Å². The number of benzene rings is 1. The number of rotatable bonds is 6. The van der Waals surface area contributed by atoms with Gasteiger partial charge < -0.3 is 11.1 Å². The second-order valence-corrected chi connectivity index (χ2v) is 8.65. The highest BCUT2D eigenvalue weighted by atomic mass is 35.5. The van der Waals surface area contributed by atoms with Crippen LogP contribution in [0, 0.1) is 11.6 Å². The van der Waals surface area contributed by atoms with Crippen LogP contribution in [-0.2, 0) is 6.42 Å². The molecule has 3 aromatic heterocycles. The van der Waals surface area contributed by atoms with E-state index in [9.17, 15) is 8.78 Å². The minimum atomic E-state index is -0.609. The van der Waals surface area contributed by atoms with Crippen LogP contribution in [0.2, 0.25) is 5.02 Å². The van der Waals surface area contributed by atoms with E-state index in [1.54, 1.807) is 23.7 Å². The Bertz CT molecular complexity index is 1110.